The Bertz CT molecular complexity index is 294. The number of likely N-dealkylation sites (tertiary alicyclic amines) is 1. The number of benzene rings is 1. The van der Waals surface area contributed by atoms with E-state index in [0.29, 0.717) is 13.0 Å². The molecule has 1 nitrogen and oxygen atoms in total. The van der Waals surface area contributed by atoms with E-state index in [2.05, 4.69) is 17.0 Å². The molecular weight excluding hydrogens is 177 g/mol. The van der Waals surface area contributed by atoms with Crippen LogP contribution in [0.3, 0.4) is 0 Å². The molecule has 1 atom stereocenters. The Balaban J connectivity index is 1.94. The Hall–Kier alpha value is -0.890. The summed E-state index contributed by atoms with van der Waals surface area (Å²) in [4.78, 5) is 2.18. The topological polar surface area (TPSA) is 3.24 Å². The molecular formula is C12H16FN. The molecule has 0 N–H and O–H groups in total. The summed E-state index contributed by atoms with van der Waals surface area (Å²) in [6.07, 6.45) is 0.667. The van der Waals surface area contributed by atoms with Crippen molar-refractivity contribution < 1.29 is 4.39 Å². The van der Waals surface area contributed by atoms with E-state index in [1.165, 1.54) is 5.56 Å². The molecule has 1 unspecified atom stereocenters. The normalized spacial score (nSPS) is 28.1. The predicted octanol–water partition coefficient (Wildman–Crippen LogP) is 2.62. The third-order valence-corrected chi connectivity index (χ3v) is 2.75. The van der Waals surface area contributed by atoms with Gasteiger partial charge < -0.3 is 0 Å². The van der Waals surface area contributed by atoms with Gasteiger partial charge in [0.2, 0.25) is 0 Å². The fraction of sp³-hybridized carbons (Fsp3) is 0.500. The maximum atomic E-state index is 13.5. The standard InChI is InChI=1S/C12H16FN/c1-12(13)7-8-14(10-12)9-11-5-3-2-4-6-11/h2-6H,7-10H2,1H3. The first-order chi connectivity index (χ1) is 6.66. The zero-order valence-electron chi connectivity index (χ0n) is 8.54. The van der Waals surface area contributed by atoms with Crippen LogP contribution in [0.1, 0.15) is 18.9 Å². The smallest absolute Gasteiger partial charge is 0.122 e. The molecule has 0 spiro atoms. The largest absolute Gasteiger partial charge is 0.296 e. The van der Waals surface area contributed by atoms with Gasteiger partial charge in [0, 0.05) is 19.6 Å². The van der Waals surface area contributed by atoms with Gasteiger partial charge >= 0.3 is 0 Å². The van der Waals surface area contributed by atoms with Crippen molar-refractivity contribution in [3.63, 3.8) is 0 Å². The molecule has 1 heterocycles. The molecule has 2 rings (SSSR count). The predicted molar refractivity (Wildman–Crippen MR) is 55.8 cm³/mol. The third kappa shape index (κ3) is 2.32. The maximum Gasteiger partial charge on any atom is 0.122 e. The van der Waals surface area contributed by atoms with Crippen LogP contribution in [0.2, 0.25) is 0 Å². The first kappa shape index (κ1) is 9.66. The second-order valence-corrected chi connectivity index (χ2v) is 4.36. The molecule has 0 aromatic heterocycles. The Morgan fingerprint density at radius 2 is 2.07 bits per heavy atom. The first-order valence-corrected chi connectivity index (χ1v) is 5.11. The number of halogens is 1. The quantitative estimate of drug-likeness (QED) is 0.698. The van der Waals surface area contributed by atoms with Gasteiger partial charge in [0.1, 0.15) is 5.67 Å². The van der Waals surface area contributed by atoms with Crippen LogP contribution in [0.5, 0.6) is 0 Å². The van der Waals surface area contributed by atoms with Crippen molar-refractivity contribution in [2.75, 3.05) is 13.1 Å². The van der Waals surface area contributed by atoms with Gasteiger partial charge in [-0.1, -0.05) is 30.3 Å². The van der Waals surface area contributed by atoms with Gasteiger partial charge in [0.15, 0.2) is 0 Å². The molecule has 0 radical (unpaired) electrons. The summed E-state index contributed by atoms with van der Waals surface area (Å²) < 4.78 is 13.5. The van der Waals surface area contributed by atoms with Crippen LogP contribution >= 0.6 is 0 Å². The van der Waals surface area contributed by atoms with Crippen LogP contribution < -0.4 is 0 Å². The van der Waals surface area contributed by atoms with Crippen LogP contribution in [0.15, 0.2) is 30.3 Å². The first-order valence-electron chi connectivity index (χ1n) is 5.11. The van der Waals surface area contributed by atoms with Crippen molar-refractivity contribution in [1.29, 1.82) is 0 Å². The highest BCUT2D eigenvalue weighted by Crippen LogP contribution is 2.25. The van der Waals surface area contributed by atoms with Crippen LogP contribution in [-0.4, -0.2) is 23.7 Å². The summed E-state index contributed by atoms with van der Waals surface area (Å²) in [7, 11) is 0. The van der Waals surface area contributed by atoms with Crippen LogP contribution in [0.25, 0.3) is 0 Å². The van der Waals surface area contributed by atoms with E-state index in [-0.39, 0.29) is 0 Å². The number of nitrogens with zero attached hydrogens (tertiary/aromatic N) is 1. The SMILES string of the molecule is CC1(F)CCN(Cc2ccccc2)C1. The number of hydrogen-bond donors (Lipinski definition) is 0. The minimum absolute atomic E-state index is 0.571. The summed E-state index contributed by atoms with van der Waals surface area (Å²) in [5.41, 5.74) is 0.291. The van der Waals surface area contributed by atoms with Gasteiger partial charge in [-0.05, 0) is 18.9 Å². The Morgan fingerprint density at radius 3 is 2.64 bits per heavy atom. The number of alkyl halides is 1. The average molecular weight is 193 g/mol. The molecule has 1 aromatic rings. The van der Waals surface area contributed by atoms with Crippen molar-refractivity contribution in [3.05, 3.63) is 35.9 Å². The molecule has 14 heavy (non-hydrogen) atoms. The second-order valence-electron chi connectivity index (χ2n) is 4.36. The van der Waals surface area contributed by atoms with Crippen molar-refractivity contribution >= 4 is 0 Å². The fourth-order valence-electron chi connectivity index (χ4n) is 1.99. The zero-order valence-corrected chi connectivity index (χ0v) is 8.54. The van der Waals surface area contributed by atoms with E-state index in [1.807, 2.05) is 18.2 Å². The Labute approximate surface area is 84.5 Å². The lowest BCUT2D eigenvalue weighted by molar-refractivity contribution is 0.186. The summed E-state index contributed by atoms with van der Waals surface area (Å²) >= 11 is 0. The molecule has 1 aromatic carbocycles. The van der Waals surface area contributed by atoms with E-state index in [1.54, 1.807) is 6.92 Å². The average Bonchev–Trinajstić information content (AvgIpc) is 2.47. The molecule has 76 valence electrons. The highest BCUT2D eigenvalue weighted by atomic mass is 19.1. The summed E-state index contributed by atoms with van der Waals surface area (Å²) in [6.45, 7) is 4.02. The van der Waals surface area contributed by atoms with Crippen LogP contribution in [0, 0.1) is 0 Å². The van der Waals surface area contributed by atoms with Gasteiger partial charge in [0.25, 0.3) is 0 Å². The second kappa shape index (κ2) is 3.70. The summed E-state index contributed by atoms with van der Waals surface area (Å²) in [5.74, 6) is 0. The van der Waals surface area contributed by atoms with Crippen molar-refractivity contribution in [2.24, 2.45) is 0 Å². The summed E-state index contributed by atoms with van der Waals surface area (Å²) in [5, 5.41) is 0. The van der Waals surface area contributed by atoms with Crippen LogP contribution in [-0.2, 0) is 6.54 Å². The van der Waals surface area contributed by atoms with Gasteiger partial charge in [-0.15, -0.1) is 0 Å². The Kier molecular flexibility index (Phi) is 2.55. The Morgan fingerprint density at radius 1 is 1.36 bits per heavy atom. The molecule has 1 fully saturated rings. The zero-order chi connectivity index (χ0) is 10.0. The van der Waals surface area contributed by atoms with Crippen molar-refractivity contribution in [1.82, 2.24) is 4.90 Å². The minimum Gasteiger partial charge on any atom is -0.296 e. The van der Waals surface area contributed by atoms with Crippen molar-refractivity contribution in [3.8, 4) is 0 Å². The third-order valence-electron chi connectivity index (χ3n) is 2.75. The molecule has 1 aliphatic rings. The molecule has 1 aliphatic heterocycles. The molecule has 0 amide bonds. The van der Waals surface area contributed by atoms with Gasteiger partial charge in [0.05, 0.1) is 0 Å². The van der Waals surface area contributed by atoms with Crippen LogP contribution in [0.4, 0.5) is 4.39 Å². The highest BCUT2D eigenvalue weighted by molar-refractivity contribution is 5.14. The summed E-state index contributed by atoms with van der Waals surface area (Å²) in [6, 6.07) is 10.2. The highest BCUT2D eigenvalue weighted by Gasteiger charge is 2.33. The number of rotatable bonds is 2. The van der Waals surface area contributed by atoms with E-state index in [0.717, 1.165) is 13.1 Å². The lowest BCUT2D eigenvalue weighted by Gasteiger charge is -2.16. The maximum absolute atomic E-state index is 13.5. The van der Waals surface area contributed by atoms with E-state index >= 15 is 0 Å². The van der Waals surface area contributed by atoms with Crippen molar-refractivity contribution in [2.45, 2.75) is 25.6 Å². The fourth-order valence-corrected chi connectivity index (χ4v) is 1.99. The lowest BCUT2D eigenvalue weighted by Crippen LogP contribution is -2.25. The van der Waals surface area contributed by atoms with E-state index in [4.69, 9.17) is 0 Å². The van der Waals surface area contributed by atoms with E-state index in [9.17, 15) is 4.39 Å². The lowest BCUT2D eigenvalue weighted by atomic mass is 10.1. The monoisotopic (exact) mass is 193 g/mol. The molecule has 0 saturated carbocycles. The molecule has 0 bridgehead atoms. The minimum atomic E-state index is -0.977. The van der Waals surface area contributed by atoms with Gasteiger partial charge in [-0.2, -0.15) is 0 Å². The number of hydrogen-bond acceptors (Lipinski definition) is 1. The molecule has 1 saturated heterocycles. The molecule has 0 aliphatic carbocycles. The molecule has 2 heteroatoms. The van der Waals surface area contributed by atoms with Gasteiger partial charge in [-0.3, -0.25) is 4.90 Å². The van der Waals surface area contributed by atoms with E-state index < -0.39 is 5.67 Å². The van der Waals surface area contributed by atoms with Gasteiger partial charge in [-0.25, -0.2) is 4.39 Å².